The number of fused-ring (bicyclic) bond motifs is 1. The Kier molecular flexibility index (Phi) is 4.57. The van der Waals surface area contributed by atoms with Crippen molar-refractivity contribution in [1.29, 1.82) is 0 Å². The summed E-state index contributed by atoms with van der Waals surface area (Å²) in [5.74, 6) is -1.26. The molecule has 24 heavy (non-hydrogen) atoms. The van der Waals surface area contributed by atoms with E-state index in [1.165, 1.54) is 40.0 Å². The lowest BCUT2D eigenvalue weighted by atomic mass is 10.3. The minimum Gasteiger partial charge on any atom is -0.479 e. The van der Waals surface area contributed by atoms with Crippen LogP contribution in [0.25, 0.3) is 4.96 Å². The van der Waals surface area contributed by atoms with Crippen LogP contribution in [0.2, 0.25) is 0 Å². The molecule has 0 atom stereocenters. The van der Waals surface area contributed by atoms with Crippen molar-refractivity contribution >= 4 is 22.3 Å². The van der Waals surface area contributed by atoms with Crippen LogP contribution in [0.5, 0.6) is 5.75 Å². The first-order valence-electron chi connectivity index (χ1n) is 7.04. The highest BCUT2D eigenvalue weighted by molar-refractivity contribution is 7.16. The zero-order valence-corrected chi connectivity index (χ0v) is 13.5. The van der Waals surface area contributed by atoms with Crippen LogP contribution in [0.15, 0.2) is 41.3 Å². The molecule has 6 nitrogen and oxygen atoms in total. The highest BCUT2D eigenvalue weighted by Gasteiger charge is 2.10. The number of carbonyl (C=O) groups is 1. The second kappa shape index (κ2) is 6.79. The number of carbonyl (C=O) groups excluding carboxylic acids is 1. The largest absolute Gasteiger partial charge is 0.479 e. The molecule has 0 spiro atoms. The number of nitrogens with zero attached hydrogens (tertiary/aromatic N) is 2. The minimum atomic E-state index is -0.678. The molecule has 2 heterocycles. The van der Waals surface area contributed by atoms with Gasteiger partial charge in [-0.1, -0.05) is 12.1 Å². The fourth-order valence-corrected chi connectivity index (χ4v) is 2.88. The van der Waals surface area contributed by atoms with Gasteiger partial charge in [-0.15, -0.1) is 11.3 Å². The number of thiazole rings is 1. The number of aryl methyl sites for hydroxylation is 1. The van der Waals surface area contributed by atoms with Gasteiger partial charge in [0.05, 0.1) is 5.69 Å². The van der Waals surface area contributed by atoms with Gasteiger partial charge < -0.3 is 9.47 Å². The summed E-state index contributed by atoms with van der Waals surface area (Å²) in [5.41, 5.74) is 0.110. The Labute approximate surface area is 140 Å². The molecule has 1 aromatic carbocycles. The fourth-order valence-electron chi connectivity index (χ4n) is 2.03. The van der Waals surface area contributed by atoms with Gasteiger partial charge in [0.25, 0.3) is 5.56 Å². The van der Waals surface area contributed by atoms with Crippen molar-refractivity contribution in [1.82, 2.24) is 9.38 Å². The summed E-state index contributed by atoms with van der Waals surface area (Å²) in [4.78, 5) is 29.4. The summed E-state index contributed by atoms with van der Waals surface area (Å²) in [7, 11) is 0. The summed E-state index contributed by atoms with van der Waals surface area (Å²) in [6.45, 7) is 1.29. The molecule has 8 heteroatoms. The van der Waals surface area contributed by atoms with E-state index in [1.54, 1.807) is 12.3 Å². The lowest BCUT2D eigenvalue weighted by Gasteiger charge is -2.07. The summed E-state index contributed by atoms with van der Waals surface area (Å²) >= 11 is 1.37. The first-order chi connectivity index (χ1) is 11.5. The molecule has 3 rings (SSSR count). The van der Waals surface area contributed by atoms with Gasteiger partial charge in [0, 0.05) is 17.1 Å². The number of aromatic nitrogens is 2. The van der Waals surface area contributed by atoms with Crippen LogP contribution < -0.4 is 10.3 Å². The molecule has 0 aliphatic carbocycles. The summed E-state index contributed by atoms with van der Waals surface area (Å²) < 4.78 is 24.9. The maximum absolute atomic E-state index is 13.4. The third kappa shape index (κ3) is 3.60. The average molecular weight is 348 g/mol. The molecule has 0 radical (unpaired) electrons. The van der Waals surface area contributed by atoms with Crippen LogP contribution in [0.4, 0.5) is 4.39 Å². The van der Waals surface area contributed by atoms with Gasteiger partial charge in [0.15, 0.2) is 23.1 Å². The Hall–Kier alpha value is -2.74. The highest BCUT2D eigenvalue weighted by Crippen LogP contribution is 2.15. The lowest BCUT2D eigenvalue weighted by Crippen LogP contribution is -2.18. The molecule has 0 saturated carbocycles. The molecule has 0 unspecified atom stereocenters. The van der Waals surface area contributed by atoms with Crippen molar-refractivity contribution in [3.8, 4) is 5.75 Å². The van der Waals surface area contributed by atoms with Crippen LogP contribution in [0.1, 0.15) is 10.6 Å². The molecule has 0 aliphatic rings. The number of para-hydroxylation sites is 1. The van der Waals surface area contributed by atoms with Crippen LogP contribution in [-0.4, -0.2) is 22.0 Å². The van der Waals surface area contributed by atoms with Gasteiger partial charge in [-0.25, -0.2) is 14.2 Å². The van der Waals surface area contributed by atoms with E-state index in [0.717, 1.165) is 4.88 Å². The van der Waals surface area contributed by atoms with Gasteiger partial charge >= 0.3 is 5.97 Å². The molecule has 0 N–H and O–H groups in total. The molecule has 2 aromatic heterocycles. The zero-order chi connectivity index (χ0) is 17.1. The summed E-state index contributed by atoms with van der Waals surface area (Å²) in [6, 6.07) is 7.07. The molecule has 0 bridgehead atoms. The van der Waals surface area contributed by atoms with Gasteiger partial charge in [0.1, 0.15) is 6.61 Å². The number of hydrogen-bond acceptors (Lipinski definition) is 6. The van der Waals surface area contributed by atoms with E-state index in [9.17, 15) is 14.0 Å². The van der Waals surface area contributed by atoms with Crippen LogP contribution >= 0.6 is 11.3 Å². The zero-order valence-electron chi connectivity index (χ0n) is 12.7. The molecular formula is C16H13FN2O4S. The standard InChI is InChI=1S/C16H13FN2O4S/c1-10-7-19-14(20)6-11(18-16(19)24-10)8-23-15(21)9-22-13-5-3-2-4-12(13)17/h2-7H,8-9H2,1H3. The first kappa shape index (κ1) is 16.1. The number of halogens is 1. The molecule has 3 aromatic rings. The molecule has 0 fully saturated rings. The molecule has 0 saturated heterocycles. The monoisotopic (exact) mass is 348 g/mol. The fraction of sp³-hybridized carbons (Fsp3) is 0.188. The van der Waals surface area contributed by atoms with E-state index in [0.29, 0.717) is 10.7 Å². The van der Waals surface area contributed by atoms with Crippen molar-refractivity contribution in [2.45, 2.75) is 13.5 Å². The topological polar surface area (TPSA) is 69.9 Å². The van der Waals surface area contributed by atoms with Crippen molar-refractivity contribution < 1.29 is 18.7 Å². The number of esters is 1. The van der Waals surface area contributed by atoms with E-state index < -0.39 is 18.4 Å². The van der Waals surface area contributed by atoms with Gasteiger partial charge in [-0.2, -0.15) is 0 Å². The van der Waals surface area contributed by atoms with Gasteiger partial charge in [-0.3, -0.25) is 9.20 Å². The third-order valence-corrected chi connectivity index (χ3v) is 4.00. The highest BCUT2D eigenvalue weighted by atomic mass is 32.1. The van der Waals surface area contributed by atoms with E-state index in [-0.39, 0.29) is 17.9 Å². The van der Waals surface area contributed by atoms with Crippen molar-refractivity contribution in [3.05, 3.63) is 63.3 Å². The van der Waals surface area contributed by atoms with Crippen molar-refractivity contribution in [3.63, 3.8) is 0 Å². The van der Waals surface area contributed by atoms with Gasteiger partial charge in [-0.05, 0) is 19.1 Å². The van der Waals surface area contributed by atoms with Crippen molar-refractivity contribution in [2.75, 3.05) is 6.61 Å². The molecule has 124 valence electrons. The molecule has 0 amide bonds. The van der Waals surface area contributed by atoms with E-state index in [4.69, 9.17) is 9.47 Å². The predicted octanol–water partition coefficient (Wildman–Crippen LogP) is 2.33. The predicted molar refractivity (Wildman–Crippen MR) is 85.8 cm³/mol. The average Bonchev–Trinajstić information content (AvgIpc) is 2.93. The van der Waals surface area contributed by atoms with E-state index in [1.807, 2.05) is 6.92 Å². The first-order valence-corrected chi connectivity index (χ1v) is 7.86. The summed E-state index contributed by atoms with van der Waals surface area (Å²) in [5, 5.41) is 0. The Morgan fingerprint density at radius 3 is 2.96 bits per heavy atom. The number of rotatable bonds is 5. The molecular weight excluding hydrogens is 335 g/mol. The van der Waals surface area contributed by atoms with E-state index >= 15 is 0 Å². The Morgan fingerprint density at radius 2 is 2.17 bits per heavy atom. The third-order valence-electron chi connectivity index (χ3n) is 3.10. The number of hydrogen-bond donors (Lipinski definition) is 0. The maximum Gasteiger partial charge on any atom is 0.344 e. The maximum atomic E-state index is 13.4. The quantitative estimate of drug-likeness (QED) is 0.662. The second-order valence-corrected chi connectivity index (χ2v) is 6.17. The van der Waals surface area contributed by atoms with Crippen LogP contribution in [0.3, 0.4) is 0 Å². The number of benzene rings is 1. The smallest absolute Gasteiger partial charge is 0.344 e. The normalized spacial score (nSPS) is 10.8. The number of ether oxygens (including phenoxy) is 2. The van der Waals surface area contributed by atoms with Crippen molar-refractivity contribution in [2.24, 2.45) is 0 Å². The molecule has 0 aliphatic heterocycles. The Balaban J connectivity index is 1.60. The summed E-state index contributed by atoms with van der Waals surface area (Å²) in [6.07, 6.45) is 1.70. The SMILES string of the molecule is Cc1cn2c(=O)cc(COC(=O)COc3ccccc3F)nc2s1. The van der Waals surface area contributed by atoms with E-state index in [2.05, 4.69) is 4.98 Å². The lowest BCUT2D eigenvalue weighted by molar-refractivity contribution is -0.147. The Morgan fingerprint density at radius 1 is 1.38 bits per heavy atom. The minimum absolute atomic E-state index is 0.0266. The van der Waals surface area contributed by atoms with Gasteiger partial charge in [0.2, 0.25) is 0 Å². The van der Waals surface area contributed by atoms with Crippen LogP contribution in [0, 0.1) is 12.7 Å². The van der Waals surface area contributed by atoms with Crippen LogP contribution in [-0.2, 0) is 16.1 Å². The Bertz CT molecular complexity index is 951. The second-order valence-electron chi connectivity index (χ2n) is 4.96.